The Morgan fingerprint density at radius 3 is 3.07 bits per heavy atom. The summed E-state index contributed by atoms with van der Waals surface area (Å²) in [5.74, 6) is 2.89. The molecule has 1 heteroatoms. The van der Waals surface area contributed by atoms with E-state index in [1.807, 2.05) is 6.07 Å². The predicted octanol–water partition coefficient (Wildman–Crippen LogP) is 2.49. The molecule has 0 radical (unpaired) electrons. The summed E-state index contributed by atoms with van der Waals surface area (Å²) >= 11 is 0. The van der Waals surface area contributed by atoms with Crippen LogP contribution in [0, 0.1) is 12.3 Å². The summed E-state index contributed by atoms with van der Waals surface area (Å²) in [6.07, 6.45) is 8.47. The lowest BCUT2D eigenvalue weighted by Gasteiger charge is -2.18. The number of hydrogen-bond donors (Lipinski definition) is 1. The van der Waals surface area contributed by atoms with Gasteiger partial charge in [0.25, 0.3) is 0 Å². The van der Waals surface area contributed by atoms with E-state index in [1.165, 1.54) is 11.1 Å². The molecule has 1 aliphatic carbocycles. The molecule has 1 nitrogen and oxygen atoms in total. The third-order valence-corrected chi connectivity index (χ3v) is 3.23. The van der Waals surface area contributed by atoms with Gasteiger partial charge in [-0.15, -0.1) is 12.3 Å². The fourth-order valence-corrected chi connectivity index (χ4v) is 2.42. The van der Waals surface area contributed by atoms with Crippen LogP contribution in [0.3, 0.4) is 0 Å². The van der Waals surface area contributed by atoms with Gasteiger partial charge in [0.05, 0.1) is 6.10 Å². The van der Waals surface area contributed by atoms with Gasteiger partial charge < -0.3 is 5.11 Å². The Bertz CT molecular complexity index is 375. The highest BCUT2D eigenvalue weighted by atomic mass is 16.3. The van der Waals surface area contributed by atoms with Crippen molar-refractivity contribution in [3.63, 3.8) is 0 Å². The zero-order valence-electron chi connectivity index (χ0n) is 8.82. The zero-order chi connectivity index (χ0) is 10.7. The standard InChI is InChI=1S/C14H16O/c1-2-3-8-14(15)13-10-9-11-6-4-5-7-12(11)13/h1,4-7,13-15H,3,8-10H2. The van der Waals surface area contributed by atoms with Crippen molar-refractivity contribution in [1.29, 1.82) is 0 Å². The van der Waals surface area contributed by atoms with Crippen molar-refractivity contribution < 1.29 is 5.11 Å². The topological polar surface area (TPSA) is 20.2 Å². The lowest BCUT2D eigenvalue weighted by atomic mass is 9.92. The van der Waals surface area contributed by atoms with Crippen LogP contribution in [0.15, 0.2) is 24.3 Å². The van der Waals surface area contributed by atoms with E-state index in [0.29, 0.717) is 12.3 Å². The van der Waals surface area contributed by atoms with E-state index in [1.54, 1.807) is 0 Å². The molecule has 1 aromatic rings. The minimum atomic E-state index is -0.273. The van der Waals surface area contributed by atoms with Crippen molar-refractivity contribution in [2.45, 2.75) is 37.7 Å². The Labute approximate surface area is 91.1 Å². The molecule has 2 atom stereocenters. The van der Waals surface area contributed by atoms with Crippen molar-refractivity contribution in [3.05, 3.63) is 35.4 Å². The van der Waals surface area contributed by atoms with Crippen LogP contribution in [-0.2, 0) is 6.42 Å². The van der Waals surface area contributed by atoms with Gasteiger partial charge >= 0.3 is 0 Å². The third-order valence-electron chi connectivity index (χ3n) is 3.23. The van der Waals surface area contributed by atoms with E-state index in [9.17, 15) is 5.11 Å². The van der Waals surface area contributed by atoms with Gasteiger partial charge in [0.2, 0.25) is 0 Å². The Hall–Kier alpha value is -1.26. The highest BCUT2D eigenvalue weighted by molar-refractivity contribution is 5.35. The SMILES string of the molecule is C#CCCC(O)C1CCc2ccccc21. The lowest BCUT2D eigenvalue weighted by Crippen LogP contribution is -2.15. The molecule has 0 aromatic heterocycles. The van der Waals surface area contributed by atoms with Crippen molar-refractivity contribution in [2.24, 2.45) is 0 Å². The summed E-state index contributed by atoms with van der Waals surface area (Å²) in [7, 11) is 0. The van der Waals surface area contributed by atoms with Crippen LogP contribution in [0.5, 0.6) is 0 Å². The smallest absolute Gasteiger partial charge is 0.0618 e. The van der Waals surface area contributed by atoms with Gasteiger partial charge in [-0.3, -0.25) is 0 Å². The minimum Gasteiger partial charge on any atom is -0.392 e. The molecule has 0 fully saturated rings. The highest BCUT2D eigenvalue weighted by Crippen LogP contribution is 2.36. The molecular formula is C14H16O. The number of benzene rings is 1. The molecule has 1 aromatic carbocycles. The molecule has 0 bridgehead atoms. The summed E-state index contributed by atoms with van der Waals surface area (Å²) in [6.45, 7) is 0. The molecule has 15 heavy (non-hydrogen) atoms. The van der Waals surface area contributed by atoms with E-state index >= 15 is 0 Å². The van der Waals surface area contributed by atoms with Gasteiger partial charge in [-0.25, -0.2) is 0 Å². The average molecular weight is 200 g/mol. The number of hydrogen-bond acceptors (Lipinski definition) is 1. The van der Waals surface area contributed by atoms with E-state index in [4.69, 9.17) is 6.42 Å². The van der Waals surface area contributed by atoms with Gasteiger partial charge in [0.1, 0.15) is 0 Å². The maximum atomic E-state index is 10.0. The van der Waals surface area contributed by atoms with Crippen LogP contribution < -0.4 is 0 Å². The fourth-order valence-electron chi connectivity index (χ4n) is 2.42. The quantitative estimate of drug-likeness (QED) is 0.743. The van der Waals surface area contributed by atoms with Crippen molar-refractivity contribution in [1.82, 2.24) is 0 Å². The molecule has 0 heterocycles. The third kappa shape index (κ3) is 2.06. The molecule has 0 saturated heterocycles. The fraction of sp³-hybridized carbons (Fsp3) is 0.429. The van der Waals surface area contributed by atoms with E-state index < -0.39 is 0 Å². The minimum absolute atomic E-state index is 0.273. The first-order chi connectivity index (χ1) is 7.33. The number of aryl methyl sites for hydroxylation is 1. The summed E-state index contributed by atoms with van der Waals surface area (Å²) in [5.41, 5.74) is 2.71. The van der Waals surface area contributed by atoms with Crippen LogP contribution in [0.1, 0.15) is 36.3 Å². The van der Waals surface area contributed by atoms with Crippen LogP contribution in [0.25, 0.3) is 0 Å². The molecule has 0 amide bonds. The Balaban J connectivity index is 2.10. The molecular weight excluding hydrogens is 184 g/mol. The molecule has 1 aliphatic rings. The number of rotatable bonds is 3. The van der Waals surface area contributed by atoms with Crippen molar-refractivity contribution >= 4 is 0 Å². The molecule has 0 saturated carbocycles. The maximum absolute atomic E-state index is 10.0. The van der Waals surface area contributed by atoms with Gasteiger partial charge in [-0.1, -0.05) is 24.3 Å². The summed E-state index contributed by atoms with van der Waals surface area (Å²) < 4.78 is 0. The molecule has 0 spiro atoms. The molecule has 2 unspecified atom stereocenters. The normalized spacial score (nSPS) is 20.7. The van der Waals surface area contributed by atoms with Gasteiger partial charge in [-0.2, -0.15) is 0 Å². The van der Waals surface area contributed by atoms with Crippen LogP contribution >= 0.6 is 0 Å². The van der Waals surface area contributed by atoms with Gasteiger partial charge in [0, 0.05) is 12.3 Å². The van der Waals surface area contributed by atoms with Crippen molar-refractivity contribution in [3.8, 4) is 12.3 Å². The average Bonchev–Trinajstić information content (AvgIpc) is 2.69. The van der Waals surface area contributed by atoms with Crippen LogP contribution in [0.2, 0.25) is 0 Å². The monoisotopic (exact) mass is 200 g/mol. The molecule has 0 aliphatic heterocycles. The maximum Gasteiger partial charge on any atom is 0.0618 e. The number of fused-ring (bicyclic) bond motifs is 1. The largest absolute Gasteiger partial charge is 0.392 e. The second kappa shape index (κ2) is 4.51. The van der Waals surface area contributed by atoms with Crippen LogP contribution in [0.4, 0.5) is 0 Å². The van der Waals surface area contributed by atoms with Crippen LogP contribution in [-0.4, -0.2) is 11.2 Å². The van der Waals surface area contributed by atoms with E-state index in [-0.39, 0.29) is 6.10 Å². The lowest BCUT2D eigenvalue weighted by molar-refractivity contribution is 0.135. The first-order valence-electron chi connectivity index (χ1n) is 5.52. The predicted molar refractivity (Wildman–Crippen MR) is 61.6 cm³/mol. The van der Waals surface area contributed by atoms with Crippen molar-refractivity contribution in [2.75, 3.05) is 0 Å². The number of aliphatic hydroxyl groups excluding tert-OH is 1. The summed E-state index contributed by atoms with van der Waals surface area (Å²) in [5, 5.41) is 10.0. The second-order valence-corrected chi connectivity index (χ2v) is 4.15. The van der Waals surface area contributed by atoms with Gasteiger partial charge in [0.15, 0.2) is 0 Å². The molecule has 1 N–H and O–H groups in total. The highest BCUT2D eigenvalue weighted by Gasteiger charge is 2.27. The molecule has 78 valence electrons. The summed E-state index contributed by atoms with van der Waals surface area (Å²) in [6, 6.07) is 8.40. The Morgan fingerprint density at radius 2 is 2.27 bits per heavy atom. The Kier molecular flexibility index (Phi) is 3.08. The second-order valence-electron chi connectivity index (χ2n) is 4.15. The number of terminal acetylenes is 1. The first-order valence-corrected chi connectivity index (χ1v) is 5.52. The number of aliphatic hydroxyl groups is 1. The van der Waals surface area contributed by atoms with E-state index in [2.05, 4.69) is 24.1 Å². The Morgan fingerprint density at radius 1 is 1.47 bits per heavy atom. The molecule has 2 rings (SSSR count). The van der Waals surface area contributed by atoms with Gasteiger partial charge in [-0.05, 0) is 30.4 Å². The van der Waals surface area contributed by atoms with E-state index in [0.717, 1.165) is 19.3 Å². The zero-order valence-corrected chi connectivity index (χ0v) is 8.82. The summed E-state index contributed by atoms with van der Waals surface area (Å²) in [4.78, 5) is 0. The first kappa shape index (κ1) is 10.3.